The Hall–Kier alpha value is -2.17. The van der Waals surface area contributed by atoms with E-state index in [1.54, 1.807) is 0 Å². The summed E-state index contributed by atoms with van der Waals surface area (Å²) in [4.78, 5) is 26.8. The number of ether oxygens (including phenoxy) is 1. The van der Waals surface area contributed by atoms with Crippen molar-refractivity contribution in [1.29, 1.82) is 0 Å². The number of aromatic nitrogens is 2. The molecule has 4 N–H and O–H groups in total. The number of rotatable bonds is 6. The molecule has 0 saturated heterocycles. The highest BCUT2D eigenvalue weighted by atomic mass is 32.2. The average Bonchev–Trinajstić information content (AvgIpc) is 2.76. The van der Waals surface area contributed by atoms with Crippen molar-refractivity contribution in [2.75, 3.05) is 13.7 Å². The second kappa shape index (κ2) is 5.68. The first-order valence-electron chi connectivity index (χ1n) is 5.79. The van der Waals surface area contributed by atoms with Gasteiger partial charge in [0.15, 0.2) is 0 Å². The fourth-order valence-electron chi connectivity index (χ4n) is 1.76. The molecule has 2 aromatic rings. The minimum absolute atomic E-state index is 0.160. The summed E-state index contributed by atoms with van der Waals surface area (Å²) in [6.07, 6.45) is 0. The van der Waals surface area contributed by atoms with Gasteiger partial charge in [-0.05, 0) is 18.2 Å². The molecule has 0 saturated carbocycles. The first-order valence-corrected chi connectivity index (χ1v) is 7.28. The number of hydrogen-bond acceptors (Lipinski definition) is 5. The number of carbonyl (C=O) groups is 1. The SMILES string of the molecule is COCC(NS(=O)(=O)c1ccc2[nH]c(=O)[nH]c2c1)C(=O)O. The third kappa shape index (κ3) is 3.29. The summed E-state index contributed by atoms with van der Waals surface area (Å²) < 4.78 is 31.0. The predicted molar refractivity (Wildman–Crippen MR) is 72.5 cm³/mol. The largest absolute Gasteiger partial charge is 0.480 e. The number of sulfonamides is 1. The Morgan fingerprint density at radius 1 is 1.38 bits per heavy atom. The van der Waals surface area contributed by atoms with Gasteiger partial charge in [0.25, 0.3) is 0 Å². The standard InChI is InChI=1S/C11H13N3O6S/c1-20-5-9(10(15)16)14-21(18,19)6-2-3-7-8(4-6)13-11(17)12-7/h2-4,9,14H,5H2,1H3,(H,15,16)(H2,12,13,17). The Balaban J connectivity index is 2.36. The van der Waals surface area contributed by atoms with E-state index in [0.717, 1.165) is 0 Å². The van der Waals surface area contributed by atoms with Crippen LogP contribution in [0.15, 0.2) is 27.9 Å². The highest BCUT2D eigenvalue weighted by Gasteiger charge is 2.25. The minimum Gasteiger partial charge on any atom is -0.480 e. The number of hydrogen-bond donors (Lipinski definition) is 4. The van der Waals surface area contributed by atoms with Gasteiger partial charge in [0.1, 0.15) is 6.04 Å². The molecule has 1 aromatic heterocycles. The van der Waals surface area contributed by atoms with Crippen LogP contribution in [0.2, 0.25) is 0 Å². The van der Waals surface area contributed by atoms with Crippen LogP contribution in [0.25, 0.3) is 11.0 Å². The Morgan fingerprint density at radius 3 is 2.67 bits per heavy atom. The maximum atomic E-state index is 12.1. The van der Waals surface area contributed by atoms with Crippen LogP contribution in [0.5, 0.6) is 0 Å². The molecule has 2 rings (SSSR count). The molecular formula is C11H13N3O6S. The number of methoxy groups -OCH3 is 1. The highest BCUT2D eigenvalue weighted by molar-refractivity contribution is 7.89. The fourth-order valence-corrected chi connectivity index (χ4v) is 2.96. The molecule has 0 fully saturated rings. The molecule has 1 unspecified atom stereocenters. The normalized spacial score (nSPS) is 13.4. The maximum absolute atomic E-state index is 12.1. The number of aliphatic carboxylic acids is 1. The minimum atomic E-state index is -4.06. The van der Waals surface area contributed by atoms with Crippen molar-refractivity contribution in [3.8, 4) is 0 Å². The number of carboxylic acids is 1. The number of fused-ring (bicyclic) bond motifs is 1. The van der Waals surface area contributed by atoms with Gasteiger partial charge in [0.2, 0.25) is 10.0 Å². The highest BCUT2D eigenvalue weighted by Crippen LogP contribution is 2.15. The lowest BCUT2D eigenvalue weighted by Gasteiger charge is -2.13. The van der Waals surface area contributed by atoms with E-state index in [2.05, 4.69) is 14.7 Å². The number of nitrogens with one attached hydrogen (secondary N) is 3. The van der Waals surface area contributed by atoms with Gasteiger partial charge in [-0.25, -0.2) is 13.2 Å². The summed E-state index contributed by atoms with van der Waals surface area (Å²) in [6.45, 7) is -0.308. The first kappa shape index (κ1) is 15.2. The third-order valence-corrected chi connectivity index (χ3v) is 4.20. The van der Waals surface area contributed by atoms with E-state index in [1.807, 2.05) is 4.72 Å². The van der Waals surface area contributed by atoms with Crippen LogP contribution in [-0.4, -0.2) is 49.2 Å². The van der Waals surface area contributed by atoms with Crippen molar-refractivity contribution in [2.24, 2.45) is 0 Å². The molecule has 0 aliphatic carbocycles. The molecule has 1 heterocycles. The molecule has 0 aliphatic heterocycles. The van der Waals surface area contributed by atoms with Crippen LogP contribution < -0.4 is 10.4 Å². The van der Waals surface area contributed by atoms with Gasteiger partial charge < -0.3 is 19.8 Å². The van der Waals surface area contributed by atoms with E-state index < -0.39 is 27.7 Å². The predicted octanol–water partition coefficient (Wildman–Crippen LogP) is -0.766. The molecule has 9 nitrogen and oxygen atoms in total. The van der Waals surface area contributed by atoms with Crippen molar-refractivity contribution >= 4 is 27.0 Å². The lowest BCUT2D eigenvalue weighted by Crippen LogP contribution is -2.43. The molecular weight excluding hydrogens is 302 g/mol. The number of benzene rings is 1. The average molecular weight is 315 g/mol. The van der Waals surface area contributed by atoms with Crippen molar-refractivity contribution in [2.45, 2.75) is 10.9 Å². The van der Waals surface area contributed by atoms with Gasteiger partial charge in [0, 0.05) is 7.11 Å². The molecule has 0 radical (unpaired) electrons. The fraction of sp³-hybridized carbons (Fsp3) is 0.273. The zero-order chi connectivity index (χ0) is 15.6. The number of imidazole rings is 1. The molecule has 114 valence electrons. The van der Waals surface area contributed by atoms with Crippen LogP contribution in [0.1, 0.15) is 0 Å². The van der Waals surface area contributed by atoms with Gasteiger partial charge in [-0.3, -0.25) is 4.79 Å². The van der Waals surface area contributed by atoms with Crippen molar-refractivity contribution in [3.63, 3.8) is 0 Å². The Morgan fingerprint density at radius 2 is 2.05 bits per heavy atom. The van der Waals surface area contributed by atoms with Gasteiger partial charge in [-0.1, -0.05) is 0 Å². The van der Waals surface area contributed by atoms with E-state index in [-0.39, 0.29) is 11.5 Å². The van der Waals surface area contributed by atoms with Crippen LogP contribution in [0, 0.1) is 0 Å². The zero-order valence-corrected chi connectivity index (χ0v) is 11.7. The molecule has 0 bridgehead atoms. The lowest BCUT2D eigenvalue weighted by atomic mass is 10.3. The lowest BCUT2D eigenvalue weighted by molar-refractivity contribution is -0.140. The summed E-state index contributed by atoms with van der Waals surface area (Å²) in [5.74, 6) is -1.35. The molecule has 10 heteroatoms. The molecule has 0 aliphatic rings. The molecule has 1 aromatic carbocycles. The van der Waals surface area contributed by atoms with E-state index in [1.165, 1.54) is 25.3 Å². The van der Waals surface area contributed by atoms with E-state index in [9.17, 15) is 18.0 Å². The molecule has 21 heavy (non-hydrogen) atoms. The van der Waals surface area contributed by atoms with E-state index in [0.29, 0.717) is 11.0 Å². The number of H-pyrrole nitrogens is 2. The maximum Gasteiger partial charge on any atom is 0.324 e. The quantitative estimate of drug-likeness (QED) is 0.552. The number of aromatic amines is 2. The summed E-state index contributed by atoms with van der Waals surface area (Å²) in [7, 11) is -2.79. The zero-order valence-electron chi connectivity index (χ0n) is 10.9. The third-order valence-electron chi connectivity index (χ3n) is 2.73. The van der Waals surface area contributed by atoms with Crippen molar-refractivity contribution < 1.29 is 23.1 Å². The monoisotopic (exact) mass is 315 g/mol. The van der Waals surface area contributed by atoms with Crippen molar-refractivity contribution in [1.82, 2.24) is 14.7 Å². The van der Waals surface area contributed by atoms with Crippen LogP contribution in [-0.2, 0) is 19.6 Å². The van der Waals surface area contributed by atoms with E-state index in [4.69, 9.17) is 5.11 Å². The first-order chi connectivity index (χ1) is 9.83. The van der Waals surface area contributed by atoms with E-state index >= 15 is 0 Å². The van der Waals surface area contributed by atoms with Crippen LogP contribution in [0.3, 0.4) is 0 Å². The molecule has 0 spiro atoms. The summed E-state index contributed by atoms with van der Waals surface area (Å²) in [5, 5.41) is 8.93. The summed E-state index contributed by atoms with van der Waals surface area (Å²) in [5.41, 5.74) is 0.294. The van der Waals surface area contributed by atoms with Crippen LogP contribution >= 0.6 is 0 Å². The second-order valence-electron chi connectivity index (χ2n) is 4.25. The molecule has 1 atom stereocenters. The Labute approximate surface area is 119 Å². The van der Waals surface area contributed by atoms with Gasteiger partial charge >= 0.3 is 11.7 Å². The van der Waals surface area contributed by atoms with Gasteiger partial charge in [-0.15, -0.1) is 0 Å². The Bertz CT molecular complexity index is 822. The van der Waals surface area contributed by atoms with Crippen molar-refractivity contribution in [3.05, 3.63) is 28.7 Å². The Kier molecular flexibility index (Phi) is 4.11. The number of carboxylic acid groups (broad SMARTS) is 1. The van der Waals surface area contributed by atoms with Gasteiger partial charge in [-0.2, -0.15) is 4.72 Å². The van der Waals surface area contributed by atoms with Gasteiger partial charge in [0.05, 0.1) is 22.5 Å². The summed E-state index contributed by atoms with van der Waals surface area (Å²) >= 11 is 0. The summed E-state index contributed by atoms with van der Waals surface area (Å²) in [6, 6.07) is 2.51. The topological polar surface area (TPSA) is 141 Å². The smallest absolute Gasteiger partial charge is 0.324 e. The molecule has 0 amide bonds. The van der Waals surface area contributed by atoms with Crippen LogP contribution in [0.4, 0.5) is 0 Å². The second-order valence-corrected chi connectivity index (χ2v) is 5.97.